The third-order valence-corrected chi connectivity index (χ3v) is 6.04. The van der Waals surface area contributed by atoms with Gasteiger partial charge in [-0.15, -0.1) is 11.3 Å². The van der Waals surface area contributed by atoms with E-state index in [4.69, 9.17) is 4.74 Å². The van der Waals surface area contributed by atoms with Crippen molar-refractivity contribution in [1.29, 1.82) is 0 Å². The van der Waals surface area contributed by atoms with Gasteiger partial charge in [-0.1, -0.05) is 36.4 Å². The number of carbonyl (C=O) groups excluding carboxylic acids is 2. The van der Waals surface area contributed by atoms with Gasteiger partial charge in [-0.25, -0.2) is 0 Å². The molecule has 0 spiro atoms. The zero-order valence-corrected chi connectivity index (χ0v) is 18.0. The van der Waals surface area contributed by atoms with Crippen LogP contribution < -0.4 is 10.1 Å². The molecule has 2 heterocycles. The number of thiophene rings is 1. The van der Waals surface area contributed by atoms with Crippen LogP contribution in [0.2, 0.25) is 0 Å². The number of anilines is 1. The predicted octanol–water partition coefficient (Wildman–Crippen LogP) is 4.33. The van der Waals surface area contributed by atoms with Gasteiger partial charge in [-0.3, -0.25) is 14.5 Å². The van der Waals surface area contributed by atoms with E-state index in [1.54, 1.807) is 0 Å². The van der Waals surface area contributed by atoms with E-state index in [0.29, 0.717) is 37.5 Å². The largest absolute Gasteiger partial charge is 0.455 e. The second kappa shape index (κ2) is 10.2. The van der Waals surface area contributed by atoms with E-state index in [1.165, 1.54) is 11.3 Å². The number of para-hydroxylation sites is 3. The molecule has 2 amide bonds. The van der Waals surface area contributed by atoms with Gasteiger partial charge in [0.15, 0.2) is 5.75 Å². The van der Waals surface area contributed by atoms with Gasteiger partial charge >= 0.3 is 0 Å². The molecule has 0 saturated carbocycles. The van der Waals surface area contributed by atoms with Crippen LogP contribution in [0.1, 0.15) is 16.1 Å². The average molecular weight is 436 g/mol. The zero-order chi connectivity index (χ0) is 21.5. The van der Waals surface area contributed by atoms with Crippen molar-refractivity contribution in [3.63, 3.8) is 0 Å². The van der Waals surface area contributed by atoms with Crippen molar-refractivity contribution in [2.45, 2.75) is 6.42 Å². The molecule has 1 N–H and O–H groups in total. The Kier molecular flexibility index (Phi) is 6.96. The van der Waals surface area contributed by atoms with Gasteiger partial charge in [-0.05, 0) is 35.7 Å². The Balaban J connectivity index is 1.25. The summed E-state index contributed by atoms with van der Waals surface area (Å²) in [6, 6.07) is 20.7. The minimum absolute atomic E-state index is 0.0544. The van der Waals surface area contributed by atoms with E-state index in [1.807, 2.05) is 77.0 Å². The van der Waals surface area contributed by atoms with E-state index < -0.39 is 0 Å². The molecular weight excluding hydrogens is 410 g/mol. The lowest BCUT2D eigenvalue weighted by Gasteiger charge is -2.34. The van der Waals surface area contributed by atoms with Crippen molar-refractivity contribution in [3.05, 3.63) is 77.0 Å². The van der Waals surface area contributed by atoms with Crippen LogP contribution in [0.5, 0.6) is 11.5 Å². The lowest BCUT2D eigenvalue weighted by molar-refractivity contribution is -0.116. The molecule has 1 fully saturated rings. The molecule has 2 aromatic carbocycles. The molecule has 1 saturated heterocycles. The maximum absolute atomic E-state index is 12.5. The smallest absolute Gasteiger partial charge is 0.264 e. The third kappa shape index (κ3) is 5.71. The Hall–Kier alpha value is -3.16. The van der Waals surface area contributed by atoms with E-state index in [-0.39, 0.29) is 11.8 Å². The number of hydrogen-bond donors (Lipinski definition) is 1. The molecule has 160 valence electrons. The Morgan fingerprint density at radius 1 is 0.903 bits per heavy atom. The first-order valence-corrected chi connectivity index (χ1v) is 11.2. The maximum Gasteiger partial charge on any atom is 0.264 e. The highest BCUT2D eigenvalue weighted by Crippen LogP contribution is 2.29. The second-order valence-corrected chi connectivity index (χ2v) is 8.27. The fourth-order valence-electron chi connectivity index (χ4n) is 3.48. The summed E-state index contributed by atoms with van der Waals surface area (Å²) in [7, 11) is 0. The Morgan fingerprint density at radius 3 is 2.39 bits per heavy atom. The molecule has 3 aromatic rings. The number of piperazine rings is 1. The summed E-state index contributed by atoms with van der Waals surface area (Å²) < 4.78 is 5.91. The fourth-order valence-corrected chi connectivity index (χ4v) is 4.17. The van der Waals surface area contributed by atoms with Crippen molar-refractivity contribution < 1.29 is 14.3 Å². The molecule has 4 rings (SSSR count). The lowest BCUT2D eigenvalue weighted by atomic mass is 10.2. The van der Waals surface area contributed by atoms with Crippen LogP contribution in [0, 0.1) is 0 Å². The molecule has 0 radical (unpaired) electrons. The number of rotatable bonds is 7. The molecule has 0 aliphatic carbocycles. The van der Waals surface area contributed by atoms with Crippen LogP contribution in [0.15, 0.2) is 72.1 Å². The van der Waals surface area contributed by atoms with E-state index in [9.17, 15) is 9.59 Å². The zero-order valence-electron chi connectivity index (χ0n) is 17.2. The van der Waals surface area contributed by atoms with E-state index >= 15 is 0 Å². The lowest BCUT2D eigenvalue weighted by Crippen LogP contribution is -2.49. The summed E-state index contributed by atoms with van der Waals surface area (Å²) in [5.74, 6) is 1.38. The molecule has 1 aliphatic rings. The van der Waals surface area contributed by atoms with Crippen molar-refractivity contribution >= 4 is 28.8 Å². The molecule has 31 heavy (non-hydrogen) atoms. The first-order chi connectivity index (χ1) is 15.2. The van der Waals surface area contributed by atoms with Gasteiger partial charge in [-0.2, -0.15) is 0 Å². The van der Waals surface area contributed by atoms with Gasteiger partial charge in [0.1, 0.15) is 5.75 Å². The highest BCUT2D eigenvalue weighted by Gasteiger charge is 2.23. The number of amides is 2. The number of ether oxygens (including phenoxy) is 1. The summed E-state index contributed by atoms with van der Waals surface area (Å²) in [6.07, 6.45) is 0.387. The Morgan fingerprint density at radius 2 is 1.65 bits per heavy atom. The van der Waals surface area contributed by atoms with Crippen LogP contribution in [0.3, 0.4) is 0 Å². The van der Waals surface area contributed by atoms with Crippen LogP contribution in [0.4, 0.5) is 5.69 Å². The molecule has 1 aliphatic heterocycles. The van der Waals surface area contributed by atoms with Gasteiger partial charge in [0.05, 0.1) is 10.6 Å². The third-order valence-electron chi connectivity index (χ3n) is 5.18. The SMILES string of the molecule is O=C(CCN1CCN(C(=O)c2cccs2)CC1)Nc1ccccc1Oc1ccccc1. The van der Waals surface area contributed by atoms with Crippen LogP contribution >= 0.6 is 11.3 Å². The molecule has 0 unspecified atom stereocenters. The molecule has 0 atom stereocenters. The Labute approximate surface area is 186 Å². The Bertz CT molecular complexity index is 1000. The summed E-state index contributed by atoms with van der Waals surface area (Å²) >= 11 is 1.47. The number of nitrogens with zero attached hydrogens (tertiary/aromatic N) is 2. The minimum atomic E-state index is -0.0544. The first-order valence-electron chi connectivity index (χ1n) is 10.4. The summed E-state index contributed by atoms with van der Waals surface area (Å²) in [5, 5.41) is 4.88. The van der Waals surface area contributed by atoms with Crippen LogP contribution in [0.25, 0.3) is 0 Å². The molecule has 6 nitrogen and oxygen atoms in total. The standard InChI is InChI=1S/C24H25N3O3S/c28-23(25-20-9-4-5-10-21(20)30-19-7-2-1-3-8-19)12-13-26-14-16-27(17-15-26)24(29)22-11-6-18-31-22/h1-11,18H,12-17H2,(H,25,28). The van der Waals surface area contributed by atoms with Crippen molar-refractivity contribution in [1.82, 2.24) is 9.80 Å². The molecule has 1 aromatic heterocycles. The number of benzene rings is 2. The number of hydrogen-bond acceptors (Lipinski definition) is 5. The summed E-state index contributed by atoms with van der Waals surface area (Å²) in [4.78, 5) is 29.9. The fraction of sp³-hybridized carbons (Fsp3) is 0.250. The van der Waals surface area contributed by atoms with E-state index in [0.717, 1.165) is 23.7 Å². The van der Waals surface area contributed by atoms with Gasteiger partial charge in [0.2, 0.25) is 5.91 Å². The summed E-state index contributed by atoms with van der Waals surface area (Å²) in [6.45, 7) is 3.59. The normalized spacial score (nSPS) is 14.3. The van der Waals surface area contributed by atoms with Crippen molar-refractivity contribution in [3.8, 4) is 11.5 Å². The van der Waals surface area contributed by atoms with E-state index in [2.05, 4.69) is 10.2 Å². The number of nitrogens with one attached hydrogen (secondary N) is 1. The molecule has 7 heteroatoms. The maximum atomic E-state index is 12.5. The van der Waals surface area contributed by atoms with Gasteiger partial charge in [0, 0.05) is 39.1 Å². The summed E-state index contributed by atoms with van der Waals surface area (Å²) in [5.41, 5.74) is 0.655. The minimum Gasteiger partial charge on any atom is -0.455 e. The average Bonchev–Trinajstić information content (AvgIpc) is 3.35. The second-order valence-electron chi connectivity index (χ2n) is 7.32. The topological polar surface area (TPSA) is 61.9 Å². The monoisotopic (exact) mass is 435 g/mol. The quantitative estimate of drug-likeness (QED) is 0.600. The first kappa shape index (κ1) is 21.1. The highest BCUT2D eigenvalue weighted by molar-refractivity contribution is 7.12. The van der Waals surface area contributed by atoms with Gasteiger partial charge in [0.25, 0.3) is 5.91 Å². The highest BCUT2D eigenvalue weighted by atomic mass is 32.1. The van der Waals surface area contributed by atoms with Crippen molar-refractivity contribution in [2.24, 2.45) is 0 Å². The van der Waals surface area contributed by atoms with Gasteiger partial charge < -0.3 is 15.0 Å². The van der Waals surface area contributed by atoms with Crippen LogP contribution in [-0.2, 0) is 4.79 Å². The van der Waals surface area contributed by atoms with Crippen molar-refractivity contribution in [2.75, 3.05) is 38.0 Å². The number of carbonyl (C=O) groups is 2. The molecule has 0 bridgehead atoms. The predicted molar refractivity (Wildman–Crippen MR) is 123 cm³/mol. The molecular formula is C24H25N3O3S. The van der Waals surface area contributed by atoms with Crippen LogP contribution in [-0.4, -0.2) is 54.3 Å².